The molecule has 1 aromatic carbocycles. The van der Waals surface area contributed by atoms with E-state index in [1.54, 1.807) is 4.90 Å². The Balaban J connectivity index is 0.00000364. The maximum absolute atomic E-state index is 10.4. The number of para-hydroxylation sites is 2. The summed E-state index contributed by atoms with van der Waals surface area (Å²) in [5.41, 5.74) is 1.29. The smallest absolute Gasteiger partial charge is 0.179 e. The number of benzene rings is 1. The van der Waals surface area contributed by atoms with Crippen molar-refractivity contribution in [2.24, 2.45) is 0 Å². The zero-order valence-corrected chi connectivity index (χ0v) is 19.2. The maximum atomic E-state index is 10.4. The van der Waals surface area contributed by atoms with Crippen LogP contribution in [0, 0.1) is 0 Å². The Labute approximate surface area is 184 Å². The second-order valence-electron chi connectivity index (χ2n) is 7.70. The molecule has 0 aliphatic carbocycles. The van der Waals surface area contributed by atoms with Crippen LogP contribution in [0.3, 0.4) is 0 Å². The summed E-state index contributed by atoms with van der Waals surface area (Å²) in [6.45, 7) is 10.4. The maximum Gasteiger partial charge on any atom is 0.179 e. The van der Waals surface area contributed by atoms with Crippen molar-refractivity contribution in [1.82, 2.24) is 0 Å². The van der Waals surface area contributed by atoms with Crippen molar-refractivity contribution < 1.29 is 44.5 Å². The number of hydrogen-bond donors (Lipinski definition) is 3. The van der Waals surface area contributed by atoms with Crippen molar-refractivity contribution >= 4 is 5.69 Å². The molecule has 3 N–H and O–H groups in total. The second-order valence-corrected chi connectivity index (χ2v) is 7.70. The fraction of sp³-hybridized carbons (Fsp3) is 0.727. The minimum atomic E-state index is -0.131. The number of unbranched alkanes of at least 4 members (excludes halogenated alkanes) is 5. The molecule has 164 valence electrons. The van der Waals surface area contributed by atoms with Crippen LogP contribution in [0.25, 0.3) is 0 Å². The first-order valence-corrected chi connectivity index (χ1v) is 10.8. The topological polar surface area (TPSA) is 38.3 Å². The van der Waals surface area contributed by atoms with Crippen LogP contribution < -0.4 is 39.4 Å². The molecule has 1 unspecified atom stereocenters. The van der Waals surface area contributed by atoms with Gasteiger partial charge in [-0.3, -0.25) is 4.90 Å². The fourth-order valence-corrected chi connectivity index (χ4v) is 4.01. The van der Waals surface area contributed by atoms with Crippen molar-refractivity contribution in [2.75, 3.05) is 39.3 Å². The highest BCUT2D eigenvalue weighted by molar-refractivity contribution is 5.45. The number of hydrogen-bond acceptors (Lipinski definition) is 2. The molecule has 0 amide bonds. The molecule has 0 saturated carbocycles. The lowest BCUT2D eigenvalue weighted by Crippen LogP contribution is -3.26. The third-order valence-electron chi connectivity index (χ3n) is 5.54. The van der Waals surface area contributed by atoms with Gasteiger partial charge in [-0.05, 0) is 19.4 Å². The third-order valence-corrected chi connectivity index (χ3v) is 5.54. The first kappa shape index (κ1) is 27.5. The highest BCUT2D eigenvalue weighted by Crippen LogP contribution is 2.19. The molecular weight excluding hydrogens is 395 g/mol. The van der Waals surface area contributed by atoms with Gasteiger partial charge < -0.3 is 39.6 Å². The van der Waals surface area contributed by atoms with Gasteiger partial charge >= 0.3 is 0 Å². The van der Waals surface area contributed by atoms with E-state index in [1.807, 2.05) is 13.0 Å². The standard InChI is InChI=1S/C22H38N2O2.2ClH/c1-3-5-6-7-8-9-12-20(25)19-23-15-17-24(18-16-23)21-13-10-11-14-22(21)26-4-2;;/h10-11,13-14,20,25H,3-9,12,15-19H2,1-2H3;2*1H. The summed E-state index contributed by atoms with van der Waals surface area (Å²) in [6, 6.07) is 8.43. The molecule has 6 heteroatoms. The van der Waals surface area contributed by atoms with Gasteiger partial charge in [-0.2, -0.15) is 0 Å². The molecule has 1 atom stereocenters. The zero-order valence-electron chi connectivity index (χ0n) is 17.7. The Morgan fingerprint density at radius 1 is 0.929 bits per heavy atom. The van der Waals surface area contributed by atoms with Crippen molar-refractivity contribution in [3.05, 3.63) is 24.3 Å². The van der Waals surface area contributed by atoms with Crippen LogP contribution in [-0.2, 0) is 0 Å². The monoisotopic (exact) mass is 434 g/mol. The Hall–Kier alpha value is -0.520. The van der Waals surface area contributed by atoms with Crippen LogP contribution in [-0.4, -0.2) is 50.5 Å². The largest absolute Gasteiger partial charge is 1.00 e. The molecule has 4 nitrogen and oxygen atoms in total. The van der Waals surface area contributed by atoms with Crippen LogP contribution in [0.15, 0.2) is 24.3 Å². The van der Waals surface area contributed by atoms with E-state index < -0.39 is 0 Å². The summed E-state index contributed by atoms with van der Waals surface area (Å²) in [7, 11) is 0. The molecule has 0 bridgehead atoms. The van der Waals surface area contributed by atoms with Gasteiger partial charge in [0.1, 0.15) is 38.8 Å². The second kappa shape index (κ2) is 16.3. The average molecular weight is 435 g/mol. The van der Waals surface area contributed by atoms with Crippen molar-refractivity contribution in [3.8, 4) is 5.75 Å². The van der Waals surface area contributed by atoms with E-state index in [1.165, 1.54) is 49.1 Å². The molecule has 0 spiro atoms. The van der Waals surface area contributed by atoms with Crippen molar-refractivity contribution in [1.29, 1.82) is 0 Å². The van der Waals surface area contributed by atoms with Gasteiger partial charge in [0.15, 0.2) is 11.4 Å². The van der Waals surface area contributed by atoms with Gasteiger partial charge in [-0.15, -0.1) is 0 Å². The number of piperazine rings is 1. The highest BCUT2D eigenvalue weighted by Gasteiger charge is 2.27. The van der Waals surface area contributed by atoms with Crippen LogP contribution in [0.2, 0.25) is 0 Å². The van der Waals surface area contributed by atoms with E-state index in [4.69, 9.17) is 4.74 Å². The fourth-order valence-electron chi connectivity index (χ4n) is 4.01. The Morgan fingerprint density at radius 2 is 1.57 bits per heavy atom. The van der Waals surface area contributed by atoms with Gasteiger partial charge in [0.25, 0.3) is 0 Å². The van der Waals surface area contributed by atoms with E-state index in [9.17, 15) is 5.11 Å². The molecule has 0 aromatic heterocycles. The third kappa shape index (κ3) is 9.80. The minimum Gasteiger partial charge on any atom is -1.00 e. The van der Waals surface area contributed by atoms with Gasteiger partial charge in [0.05, 0.1) is 6.61 Å². The van der Waals surface area contributed by atoms with Gasteiger partial charge in [0.2, 0.25) is 0 Å². The number of halogens is 2. The molecule has 1 aromatic rings. The van der Waals surface area contributed by atoms with E-state index in [2.05, 4.69) is 25.1 Å². The van der Waals surface area contributed by atoms with E-state index >= 15 is 0 Å². The van der Waals surface area contributed by atoms with E-state index in [0.29, 0.717) is 6.61 Å². The highest BCUT2D eigenvalue weighted by atomic mass is 35.5. The van der Waals surface area contributed by atoms with Crippen molar-refractivity contribution in [2.45, 2.75) is 64.9 Å². The lowest BCUT2D eigenvalue weighted by atomic mass is 10.1. The summed E-state index contributed by atoms with van der Waals surface area (Å²) in [6.07, 6.45) is 8.63. The number of aliphatic hydroxyl groups excluding tert-OH is 1. The molecule has 2 rings (SSSR count). The number of aliphatic hydroxyl groups is 1. The Bertz CT molecular complexity index is 497. The van der Waals surface area contributed by atoms with Crippen LogP contribution in [0.4, 0.5) is 5.69 Å². The lowest BCUT2D eigenvalue weighted by molar-refractivity contribution is -0.988. The number of nitrogens with one attached hydrogen (secondary N) is 2. The Morgan fingerprint density at radius 3 is 2.25 bits per heavy atom. The molecule has 1 saturated heterocycles. The van der Waals surface area contributed by atoms with E-state index in [-0.39, 0.29) is 30.9 Å². The summed E-state index contributed by atoms with van der Waals surface area (Å²) >= 11 is 0. The van der Waals surface area contributed by atoms with Gasteiger partial charge in [-0.1, -0.05) is 57.6 Å². The van der Waals surface area contributed by atoms with Crippen molar-refractivity contribution in [3.63, 3.8) is 0 Å². The summed E-state index contributed by atoms with van der Waals surface area (Å²) in [5.74, 6) is 1.02. The van der Waals surface area contributed by atoms with Gasteiger partial charge in [-0.25, -0.2) is 0 Å². The lowest BCUT2D eigenvalue weighted by Gasteiger charge is -2.31. The molecule has 1 heterocycles. The normalized spacial score (nSPS) is 20.0. The number of quaternary nitrogens is 2. The summed E-state index contributed by atoms with van der Waals surface area (Å²) in [5, 5.41) is 10.4. The molecule has 1 aliphatic rings. The van der Waals surface area contributed by atoms with Crippen LogP contribution in [0.1, 0.15) is 58.8 Å². The van der Waals surface area contributed by atoms with Crippen LogP contribution >= 0.6 is 0 Å². The molecule has 28 heavy (non-hydrogen) atoms. The quantitative estimate of drug-likeness (QED) is 0.291. The SMILES string of the molecule is CCCCCCCCC(O)C[NH+]1CC[NH+](c2ccccc2OCC)CC1.[Cl-].[Cl-]. The number of ether oxygens (including phenoxy) is 1. The molecular formula is C22H40Cl2N2O2. The molecule has 1 fully saturated rings. The van der Waals surface area contributed by atoms with E-state index in [0.717, 1.165) is 44.9 Å². The predicted molar refractivity (Wildman–Crippen MR) is 108 cm³/mol. The molecule has 0 radical (unpaired) electrons. The summed E-state index contributed by atoms with van der Waals surface area (Å²) in [4.78, 5) is 3.07. The first-order valence-electron chi connectivity index (χ1n) is 10.8. The average Bonchev–Trinajstić information content (AvgIpc) is 2.66. The minimum absolute atomic E-state index is 0. The molecule has 1 aliphatic heterocycles. The van der Waals surface area contributed by atoms with Crippen LogP contribution in [0.5, 0.6) is 5.75 Å². The Kier molecular flexibility index (Phi) is 16.0. The van der Waals surface area contributed by atoms with Gasteiger partial charge in [0, 0.05) is 6.07 Å². The first-order chi connectivity index (χ1) is 12.7. The summed E-state index contributed by atoms with van der Waals surface area (Å²) < 4.78 is 5.79. The number of rotatable bonds is 12. The predicted octanol–water partition coefficient (Wildman–Crippen LogP) is -4.38. The zero-order chi connectivity index (χ0) is 18.6.